The number of amides is 1. The van der Waals surface area contributed by atoms with Gasteiger partial charge in [0.25, 0.3) is 0 Å². The normalized spacial score (nSPS) is 24.1. The lowest BCUT2D eigenvalue weighted by molar-refractivity contribution is -0.133. The molecule has 1 saturated carbocycles. The van der Waals surface area contributed by atoms with E-state index in [-0.39, 0.29) is 17.9 Å². The molecule has 1 aliphatic heterocycles. The van der Waals surface area contributed by atoms with E-state index in [9.17, 15) is 9.90 Å². The summed E-state index contributed by atoms with van der Waals surface area (Å²) in [5.41, 5.74) is 0. The summed E-state index contributed by atoms with van der Waals surface area (Å²) < 4.78 is 5.73. The minimum Gasteiger partial charge on any atom is -0.425 e. The fraction of sp³-hybridized carbons (Fsp3) is 0.824. The van der Waals surface area contributed by atoms with E-state index in [4.69, 9.17) is 4.42 Å². The summed E-state index contributed by atoms with van der Waals surface area (Å²) in [7, 11) is 0. The van der Waals surface area contributed by atoms with Crippen LogP contribution in [0, 0.1) is 5.92 Å². The first-order valence-corrected chi connectivity index (χ1v) is 8.91. The highest BCUT2D eigenvalue weighted by molar-refractivity contribution is 5.76. The number of hydrogen-bond acceptors (Lipinski definition) is 5. The predicted octanol–water partition coefficient (Wildman–Crippen LogP) is 2.28. The van der Waals surface area contributed by atoms with Crippen LogP contribution in [0.1, 0.15) is 69.6 Å². The number of aromatic nitrogens is 2. The molecule has 1 N–H and O–H groups in total. The maximum atomic E-state index is 12.4. The Hall–Kier alpha value is -1.43. The number of hydrogen-bond donors (Lipinski definition) is 1. The van der Waals surface area contributed by atoms with Gasteiger partial charge in [-0.2, -0.15) is 0 Å². The van der Waals surface area contributed by atoms with Crippen molar-refractivity contribution in [2.45, 2.75) is 70.3 Å². The lowest BCUT2D eigenvalue weighted by Crippen LogP contribution is -2.43. The molecule has 2 atom stereocenters. The van der Waals surface area contributed by atoms with E-state index in [0.717, 1.165) is 38.1 Å². The molecule has 6 heteroatoms. The summed E-state index contributed by atoms with van der Waals surface area (Å²) >= 11 is 0. The minimum absolute atomic E-state index is 0.121. The highest BCUT2D eigenvalue weighted by Gasteiger charge is 2.27. The van der Waals surface area contributed by atoms with Gasteiger partial charge >= 0.3 is 0 Å². The van der Waals surface area contributed by atoms with Crippen molar-refractivity contribution in [1.29, 1.82) is 0 Å². The molecule has 6 nitrogen and oxygen atoms in total. The van der Waals surface area contributed by atoms with Crippen LogP contribution in [-0.4, -0.2) is 45.3 Å². The van der Waals surface area contributed by atoms with Gasteiger partial charge in [0.2, 0.25) is 17.7 Å². The van der Waals surface area contributed by atoms with E-state index < -0.39 is 0 Å². The van der Waals surface area contributed by atoms with Crippen molar-refractivity contribution in [3.63, 3.8) is 0 Å². The number of aryl methyl sites for hydroxylation is 1. The van der Waals surface area contributed by atoms with Crippen LogP contribution in [0.2, 0.25) is 0 Å². The second-order valence-electron chi connectivity index (χ2n) is 7.00. The SMILES string of the molecule is CC(O)C1CCCN(C(=O)CCc2nnc(C3CCCC3)o2)C1. The first kappa shape index (κ1) is 16.4. The molecule has 0 aromatic carbocycles. The van der Waals surface area contributed by atoms with Crippen LogP contribution in [0.15, 0.2) is 4.42 Å². The summed E-state index contributed by atoms with van der Waals surface area (Å²) in [6.45, 7) is 3.26. The maximum Gasteiger partial charge on any atom is 0.223 e. The van der Waals surface area contributed by atoms with Crippen molar-refractivity contribution in [3.8, 4) is 0 Å². The Bertz CT molecular complexity index is 523. The highest BCUT2D eigenvalue weighted by Crippen LogP contribution is 2.33. The smallest absolute Gasteiger partial charge is 0.223 e. The summed E-state index contributed by atoms with van der Waals surface area (Å²) in [4.78, 5) is 14.2. The molecule has 3 rings (SSSR count). The van der Waals surface area contributed by atoms with E-state index in [1.165, 1.54) is 12.8 Å². The van der Waals surface area contributed by atoms with Crippen LogP contribution >= 0.6 is 0 Å². The minimum atomic E-state index is -0.351. The molecule has 2 unspecified atom stereocenters. The largest absolute Gasteiger partial charge is 0.425 e. The molecule has 2 heterocycles. The molecular formula is C17H27N3O3. The fourth-order valence-electron chi connectivity index (χ4n) is 3.71. The van der Waals surface area contributed by atoms with Crippen LogP contribution in [0.3, 0.4) is 0 Å². The van der Waals surface area contributed by atoms with E-state index in [2.05, 4.69) is 10.2 Å². The molecule has 1 aromatic rings. The van der Waals surface area contributed by atoms with Crippen molar-refractivity contribution in [3.05, 3.63) is 11.8 Å². The van der Waals surface area contributed by atoms with Gasteiger partial charge in [-0.1, -0.05) is 12.8 Å². The van der Waals surface area contributed by atoms with E-state index in [1.54, 1.807) is 0 Å². The van der Waals surface area contributed by atoms with Gasteiger partial charge in [0.15, 0.2) is 0 Å². The van der Waals surface area contributed by atoms with Crippen molar-refractivity contribution in [1.82, 2.24) is 15.1 Å². The van der Waals surface area contributed by atoms with Gasteiger partial charge in [-0.25, -0.2) is 0 Å². The van der Waals surface area contributed by atoms with Crippen LogP contribution in [0.4, 0.5) is 0 Å². The Balaban J connectivity index is 1.48. The molecule has 0 radical (unpaired) electrons. The van der Waals surface area contributed by atoms with Gasteiger partial charge in [-0.05, 0) is 32.6 Å². The highest BCUT2D eigenvalue weighted by atomic mass is 16.4. The Kier molecular flexibility index (Phi) is 5.30. The second kappa shape index (κ2) is 7.43. The summed E-state index contributed by atoms with van der Waals surface area (Å²) in [6, 6.07) is 0. The van der Waals surface area contributed by atoms with Gasteiger partial charge in [0, 0.05) is 37.8 Å². The molecule has 1 aliphatic carbocycles. The molecule has 0 bridgehead atoms. The van der Waals surface area contributed by atoms with Crippen LogP contribution in [0.5, 0.6) is 0 Å². The average Bonchev–Trinajstić information content (AvgIpc) is 3.23. The van der Waals surface area contributed by atoms with E-state index in [0.29, 0.717) is 31.2 Å². The Morgan fingerprint density at radius 1 is 1.30 bits per heavy atom. The fourth-order valence-corrected chi connectivity index (χ4v) is 3.71. The Labute approximate surface area is 137 Å². The zero-order valence-corrected chi connectivity index (χ0v) is 13.9. The van der Waals surface area contributed by atoms with Gasteiger partial charge in [0.1, 0.15) is 0 Å². The number of carbonyl (C=O) groups is 1. The topological polar surface area (TPSA) is 79.5 Å². The molecule has 128 valence electrons. The van der Waals surface area contributed by atoms with Crippen LogP contribution in [0.25, 0.3) is 0 Å². The van der Waals surface area contributed by atoms with Crippen LogP contribution < -0.4 is 0 Å². The average molecular weight is 321 g/mol. The number of likely N-dealkylation sites (tertiary alicyclic amines) is 1. The third-order valence-electron chi connectivity index (χ3n) is 5.23. The Morgan fingerprint density at radius 2 is 2.09 bits per heavy atom. The van der Waals surface area contributed by atoms with Crippen molar-refractivity contribution >= 4 is 5.91 Å². The molecular weight excluding hydrogens is 294 g/mol. The molecule has 23 heavy (non-hydrogen) atoms. The monoisotopic (exact) mass is 321 g/mol. The molecule has 2 fully saturated rings. The third kappa shape index (κ3) is 4.10. The maximum absolute atomic E-state index is 12.4. The number of piperidine rings is 1. The third-order valence-corrected chi connectivity index (χ3v) is 5.23. The first-order chi connectivity index (χ1) is 11.1. The quantitative estimate of drug-likeness (QED) is 0.900. The van der Waals surface area contributed by atoms with Gasteiger partial charge < -0.3 is 14.4 Å². The Morgan fingerprint density at radius 3 is 2.83 bits per heavy atom. The lowest BCUT2D eigenvalue weighted by atomic mass is 9.93. The zero-order valence-electron chi connectivity index (χ0n) is 13.9. The molecule has 1 aromatic heterocycles. The zero-order chi connectivity index (χ0) is 16.2. The number of aliphatic hydroxyl groups is 1. The van der Waals surface area contributed by atoms with Crippen LogP contribution in [-0.2, 0) is 11.2 Å². The predicted molar refractivity (Wildman–Crippen MR) is 84.8 cm³/mol. The molecule has 2 aliphatic rings. The summed E-state index contributed by atoms with van der Waals surface area (Å²) in [6.07, 6.45) is 7.26. The first-order valence-electron chi connectivity index (χ1n) is 8.91. The van der Waals surface area contributed by atoms with E-state index >= 15 is 0 Å². The number of carbonyl (C=O) groups excluding carboxylic acids is 1. The lowest BCUT2D eigenvalue weighted by Gasteiger charge is -2.34. The van der Waals surface area contributed by atoms with Crippen molar-refractivity contribution in [2.75, 3.05) is 13.1 Å². The molecule has 1 saturated heterocycles. The summed E-state index contributed by atoms with van der Waals surface area (Å²) in [5.74, 6) is 2.06. The second-order valence-corrected chi connectivity index (χ2v) is 7.00. The van der Waals surface area contributed by atoms with Gasteiger partial charge in [-0.3, -0.25) is 4.79 Å². The van der Waals surface area contributed by atoms with Crippen molar-refractivity contribution < 1.29 is 14.3 Å². The standard InChI is InChI=1S/C17H27N3O3/c1-12(21)14-7-4-10-20(11-14)16(22)9-8-15-18-19-17(23-15)13-5-2-3-6-13/h12-14,21H,2-11H2,1H3. The molecule has 0 spiro atoms. The van der Waals surface area contributed by atoms with Gasteiger partial charge in [0.05, 0.1) is 6.10 Å². The number of nitrogens with zero attached hydrogens (tertiary/aromatic N) is 3. The number of aliphatic hydroxyl groups excluding tert-OH is 1. The van der Waals surface area contributed by atoms with Gasteiger partial charge in [-0.15, -0.1) is 10.2 Å². The number of rotatable bonds is 5. The molecule has 1 amide bonds. The van der Waals surface area contributed by atoms with Crippen molar-refractivity contribution in [2.24, 2.45) is 5.92 Å². The van der Waals surface area contributed by atoms with E-state index in [1.807, 2.05) is 11.8 Å². The summed E-state index contributed by atoms with van der Waals surface area (Å²) in [5, 5.41) is 18.0.